The lowest BCUT2D eigenvalue weighted by molar-refractivity contribution is 0.0118. The number of aryl methyl sites for hydroxylation is 1. The Morgan fingerprint density at radius 3 is 2.86 bits per heavy atom. The topological polar surface area (TPSA) is 68.0 Å². The van der Waals surface area contributed by atoms with Crippen molar-refractivity contribution in [1.29, 1.82) is 0 Å². The third kappa shape index (κ3) is 4.05. The Bertz CT molecular complexity index is 643. The number of carbonyl (C=O) groups is 1. The van der Waals surface area contributed by atoms with Crippen LogP contribution in [0, 0.1) is 6.92 Å². The van der Waals surface area contributed by atoms with Crippen LogP contribution in [0.25, 0.3) is 10.6 Å². The SMILES string of the molecule is Cc1csc(-c2cccc(C(=O)NCC(F)(F)CN)c2)n1. The molecule has 0 aliphatic carbocycles. The normalized spacial score (nSPS) is 11.4. The fourth-order valence-electron chi connectivity index (χ4n) is 1.66. The minimum Gasteiger partial charge on any atom is -0.346 e. The summed E-state index contributed by atoms with van der Waals surface area (Å²) in [7, 11) is 0. The van der Waals surface area contributed by atoms with Gasteiger partial charge < -0.3 is 11.1 Å². The predicted octanol–water partition coefficient (Wildman–Crippen LogP) is 2.44. The third-order valence-electron chi connectivity index (χ3n) is 2.80. The van der Waals surface area contributed by atoms with Crippen LogP contribution in [0.4, 0.5) is 8.78 Å². The monoisotopic (exact) mass is 311 g/mol. The van der Waals surface area contributed by atoms with Gasteiger partial charge >= 0.3 is 0 Å². The lowest BCUT2D eigenvalue weighted by atomic mass is 10.1. The van der Waals surface area contributed by atoms with E-state index >= 15 is 0 Å². The van der Waals surface area contributed by atoms with Crippen LogP contribution in [0.3, 0.4) is 0 Å². The van der Waals surface area contributed by atoms with E-state index in [0.29, 0.717) is 5.56 Å². The van der Waals surface area contributed by atoms with Gasteiger partial charge in [0, 0.05) is 22.2 Å². The van der Waals surface area contributed by atoms with Gasteiger partial charge in [-0.1, -0.05) is 12.1 Å². The maximum Gasteiger partial charge on any atom is 0.277 e. The van der Waals surface area contributed by atoms with Gasteiger partial charge in [0.05, 0.1) is 13.1 Å². The van der Waals surface area contributed by atoms with E-state index in [1.165, 1.54) is 11.3 Å². The molecule has 0 atom stereocenters. The first-order valence-corrected chi connectivity index (χ1v) is 7.18. The van der Waals surface area contributed by atoms with Crippen molar-refractivity contribution in [3.8, 4) is 10.6 Å². The molecule has 1 heterocycles. The van der Waals surface area contributed by atoms with E-state index in [9.17, 15) is 13.6 Å². The van der Waals surface area contributed by atoms with Crippen molar-refractivity contribution < 1.29 is 13.6 Å². The molecule has 0 aliphatic heterocycles. The highest BCUT2D eigenvalue weighted by atomic mass is 32.1. The first-order chi connectivity index (χ1) is 9.91. The molecule has 0 radical (unpaired) electrons. The van der Waals surface area contributed by atoms with Gasteiger partial charge in [-0.3, -0.25) is 4.79 Å². The summed E-state index contributed by atoms with van der Waals surface area (Å²) in [6, 6.07) is 6.72. The molecule has 3 N–H and O–H groups in total. The van der Waals surface area contributed by atoms with Gasteiger partial charge in [0.1, 0.15) is 5.01 Å². The smallest absolute Gasteiger partial charge is 0.277 e. The number of hydrogen-bond donors (Lipinski definition) is 2. The summed E-state index contributed by atoms with van der Waals surface area (Å²) in [6.45, 7) is 0.306. The van der Waals surface area contributed by atoms with E-state index in [1.807, 2.05) is 18.4 Å². The third-order valence-corrected chi connectivity index (χ3v) is 3.81. The quantitative estimate of drug-likeness (QED) is 0.891. The Kier molecular flexibility index (Phi) is 4.64. The molecule has 2 rings (SSSR count). The van der Waals surface area contributed by atoms with Gasteiger partial charge in [-0.05, 0) is 19.1 Å². The average Bonchev–Trinajstić information content (AvgIpc) is 2.92. The largest absolute Gasteiger partial charge is 0.346 e. The summed E-state index contributed by atoms with van der Waals surface area (Å²) in [4.78, 5) is 16.2. The van der Waals surface area contributed by atoms with Crippen molar-refractivity contribution in [2.24, 2.45) is 5.73 Å². The van der Waals surface area contributed by atoms with Crippen molar-refractivity contribution in [2.45, 2.75) is 12.8 Å². The Morgan fingerprint density at radius 2 is 2.24 bits per heavy atom. The molecule has 1 aromatic heterocycles. The molecule has 0 saturated heterocycles. The van der Waals surface area contributed by atoms with E-state index in [4.69, 9.17) is 5.73 Å². The zero-order valence-electron chi connectivity index (χ0n) is 11.4. The Balaban J connectivity index is 2.12. The number of nitrogens with zero attached hydrogens (tertiary/aromatic N) is 1. The second kappa shape index (κ2) is 6.28. The van der Waals surface area contributed by atoms with Gasteiger partial charge in [0.15, 0.2) is 0 Å². The van der Waals surface area contributed by atoms with Gasteiger partial charge in [0.25, 0.3) is 11.8 Å². The fourth-order valence-corrected chi connectivity index (χ4v) is 2.46. The van der Waals surface area contributed by atoms with Crippen molar-refractivity contribution in [2.75, 3.05) is 13.1 Å². The fraction of sp³-hybridized carbons (Fsp3) is 0.286. The number of amides is 1. The number of benzene rings is 1. The van der Waals surface area contributed by atoms with Crippen LogP contribution < -0.4 is 11.1 Å². The maximum absolute atomic E-state index is 13.0. The number of carbonyl (C=O) groups excluding carboxylic acids is 1. The lowest BCUT2D eigenvalue weighted by Crippen LogP contribution is -2.41. The summed E-state index contributed by atoms with van der Waals surface area (Å²) >= 11 is 1.46. The Labute approximate surface area is 125 Å². The number of hydrogen-bond acceptors (Lipinski definition) is 4. The van der Waals surface area contributed by atoms with E-state index in [2.05, 4.69) is 10.3 Å². The van der Waals surface area contributed by atoms with Crippen molar-refractivity contribution in [3.63, 3.8) is 0 Å². The average molecular weight is 311 g/mol. The number of alkyl halides is 2. The standard InChI is InChI=1S/C14H15F2N3OS/c1-9-6-21-13(19-9)11-4-2-3-10(5-11)12(20)18-8-14(15,16)7-17/h2-6H,7-8,17H2,1H3,(H,18,20). The molecule has 0 saturated carbocycles. The zero-order valence-corrected chi connectivity index (χ0v) is 12.2. The number of nitrogens with two attached hydrogens (primary N) is 1. The number of halogens is 2. The molecule has 2 aromatic rings. The summed E-state index contributed by atoms with van der Waals surface area (Å²) < 4.78 is 26.1. The van der Waals surface area contributed by atoms with Crippen molar-refractivity contribution in [1.82, 2.24) is 10.3 Å². The van der Waals surface area contributed by atoms with E-state index in [0.717, 1.165) is 16.3 Å². The predicted molar refractivity (Wildman–Crippen MR) is 78.6 cm³/mol. The number of nitrogens with one attached hydrogen (secondary N) is 1. The van der Waals surface area contributed by atoms with Crippen LogP contribution in [0.1, 0.15) is 16.1 Å². The van der Waals surface area contributed by atoms with Crippen LogP contribution in [-0.2, 0) is 0 Å². The summed E-state index contributed by atoms with van der Waals surface area (Å²) in [5, 5.41) is 4.88. The van der Waals surface area contributed by atoms with E-state index in [1.54, 1.807) is 18.2 Å². The van der Waals surface area contributed by atoms with E-state index < -0.39 is 24.9 Å². The zero-order chi connectivity index (χ0) is 15.5. The number of rotatable bonds is 5. The first kappa shape index (κ1) is 15.5. The second-order valence-corrected chi connectivity index (χ2v) is 5.48. The molecule has 112 valence electrons. The van der Waals surface area contributed by atoms with Crippen LogP contribution >= 0.6 is 11.3 Å². The molecule has 1 amide bonds. The molecule has 0 fully saturated rings. The van der Waals surface area contributed by atoms with Gasteiger partial charge in [-0.2, -0.15) is 0 Å². The summed E-state index contributed by atoms with van der Waals surface area (Å²) in [5.41, 5.74) is 6.92. The van der Waals surface area contributed by atoms with Crippen LogP contribution in [0.15, 0.2) is 29.6 Å². The molecule has 4 nitrogen and oxygen atoms in total. The minimum absolute atomic E-state index is 0.313. The van der Waals surface area contributed by atoms with Crippen molar-refractivity contribution >= 4 is 17.2 Å². The van der Waals surface area contributed by atoms with Gasteiger partial charge in [-0.15, -0.1) is 11.3 Å². The van der Waals surface area contributed by atoms with Crippen LogP contribution in [-0.4, -0.2) is 29.9 Å². The molecule has 0 aliphatic rings. The van der Waals surface area contributed by atoms with E-state index in [-0.39, 0.29) is 0 Å². The molecule has 0 spiro atoms. The van der Waals surface area contributed by atoms with Gasteiger partial charge in [-0.25, -0.2) is 13.8 Å². The molecule has 7 heteroatoms. The summed E-state index contributed by atoms with van der Waals surface area (Å²) in [6.07, 6.45) is 0. The molecule has 21 heavy (non-hydrogen) atoms. The molecular weight excluding hydrogens is 296 g/mol. The number of aromatic nitrogens is 1. The Hall–Kier alpha value is -1.86. The molecule has 0 bridgehead atoms. The number of thiazole rings is 1. The van der Waals surface area contributed by atoms with Crippen molar-refractivity contribution in [3.05, 3.63) is 40.9 Å². The first-order valence-electron chi connectivity index (χ1n) is 6.30. The minimum atomic E-state index is -3.10. The molecule has 0 unspecified atom stereocenters. The summed E-state index contributed by atoms with van der Waals surface area (Å²) in [5.74, 6) is -3.65. The van der Waals surface area contributed by atoms with Crippen LogP contribution in [0.2, 0.25) is 0 Å². The van der Waals surface area contributed by atoms with Gasteiger partial charge in [0.2, 0.25) is 0 Å². The maximum atomic E-state index is 13.0. The lowest BCUT2D eigenvalue weighted by Gasteiger charge is -2.14. The van der Waals surface area contributed by atoms with Crippen LogP contribution in [0.5, 0.6) is 0 Å². The molecular formula is C14H15F2N3OS. The second-order valence-electron chi connectivity index (χ2n) is 4.62. The highest BCUT2D eigenvalue weighted by molar-refractivity contribution is 7.13. The highest BCUT2D eigenvalue weighted by Gasteiger charge is 2.27. The highest BCUT2D eigenvalue weighted by Crippen LogP contribution is 2.24. The Morgan fingerprint density at radius 1 is 1.48 bits per heavy atom. The molecule has 1 aromatic carbocycles.